The second kappa shape index (κ2) is 8.96. The number of aryl methyl sites for hydroxylation is 2. The number of aromatic nitrogens is 3. The maximum absolute atomic E-state index is 12.4. The smallest absolute Gasteiger partial charge is 0.259 e. The van der Waals surface area contributed by atoms with Crippen molar-refractivity contribution in [3.8, 4) is 5.88 Å². The molecular weight excluding hydrogens is 408 g/mol. The number of fused-ring (bicyclic) bond motifs is 3. The van der Waals surface area contributed by atoms with Crippen LogP contribution in [0, 0.1) is 0 Å². The number of thioether (sulfide) groups is 1. The molecule has 0 radical (unpaired) electrons. The molecule has 4 rings (SSSR count). The van der Waals surface area contributed by atoms with Crippen molar-refractivity contribution in [2.45, 2.75) is 38.0 Å². The second-order valence-corrected chi connectivity index (χ2v) is 9.03. The number of amides is 1. The van der Waals surface area contributed by atoms with E-state index in [9.17, 15) is 9.59 Å². The van der Waals surface area contributed by atoms with E-state index >= 15 is 0 Å². The van der Waals surface area contributed by atoms with Gasteiger partial charge in [0, 0.05) is 35.9 Å². The number of H-pyrrole nitrogens is 1. The minimum Gasteiger partial charge on any atom is -0.481 e. The fourth-order valence-electron chi connectivity index (χ4n) is 3.37. The predicted molar refractivity (Wildman–Crippen MR) is 116 cm³/mol. The molecule has 0 aliphatic heterocycles. The summed E-state index contributed by atoms with van der Waals surface area (Å²) in [6.07, 6.45) is 5.27. The number of ether oxygens (including phenoxy) is 1. The van der Waals surface area contributed by atoms with Crippen molar-refractivity contribution < 1.29 is 9.53 Å². The number of nitrogens with zero attached hydrogens (tertiary/aromatic N) is 2. The van der Waals surface area contributed by atoms with Crippen molar-refractivity contribution in [2.75, 3.05) is 12.9 Å². The average molecular weight is 431 g/mol. The van der Waals surface area contributed by atoms with Gasteiger partial charge in [-0.15, -0.1) is 11.3 Å². The van der Waals surface area contributed by atoms with Crippen molar-refractivity contribution in [2.24, 2.45) is 0 Å². The third-order valence-electron chi connectivity index (χ3n) is 4.83. The topological polar surface area (TPSA) is 97.0 Å². The molecule has 0 aromatic carbocycles. The SMILES string of the molecule is COc1ccc(CNC(=O)CCSCc2nc3sc4c(c3c(=O)[nH]2)CCC4)cn1. The summed E-state index contributed by atoms with van der Waals surface area (Å²) in [5.41, 5.74) is 2.09. The van der Waals surface area contributed by atoms with Crippen LogP contribution < -0.4 is 15.6 Å². The number of aromatic amines is 1. The second-order valence-electron chi connectivity index (χ2n) is 6.84. The van der Waals surface area contributed by atoms with Gasteiger partial charge < -0.3 is 15.0 Å². The molecule has 152 valence electrons. The van der Waals surface area contributed by atoms with Gasteiger partial charge in [-0.1, -0.05) is 6.07 Å². The molecule has 0 fully saturated rings. The quantitative estimate of drug-likeness (QED) is 0.534. The van der Waals surface area contributed by atoms with E-state index in [1.807, 2.05) is 6.07 Å². The van der Waals surface area contributed by atoms with Crippen LogP contribution in [0.15, 0.2) is 23.1 Å². The molecule has 1 aliphatic rings. The largest absolute Gasteiger partial charge is 0.481 e. The lowest BCUT2D eigenvalue weighted by Gasteiger charge is -2.06. The molecule has 3 aromatic rings. The van der Waals surface area contributed by atoms with E-state index < -0.39 is 0 Å². The van der Waals surface area contributed by atoms with Crippen LogP contribution in [0.4, 0.5) is 0 Å². The first-order valence-electron chi connectivity index (χ1n) is 9.51. The summed E-state index contributed by atoms with van der Waals surface area (Å²) in [5, 5.41) is 3.67. The van der Waals surface area contributed by atoms with Gasteiger partial charge in [0.1, 0.15) is 10.7 Å². The Morgan fingerprint density at radius 3 is 3.07 bits per heavy atom. The summed E-state index contributed by atoms with van der Waals surface area (Å²) >= 11 is 3.24. The Hall–Kier alpha value is -2.39. The summed E-state index contributed by atoms with van der Waals surface area (Å²) in [4.78, 5) is 38.3. The van der Waals surface area contributed by atoms with Crippen molar-refractivity contribution in [1.29, 1.82) is 0 Å². The van der Waals surface area contributed by atoms with Gasteiger partial charge in [0.05, 0.1) is 18.2 Å². The molecule has 9 heteroatoms. The standard InChI is InChI=1S/C20H22N4O3S2/c1-27-17-6-5-12(10-22-17)9-21-16(25)7-8-28-11-15-23-19(26)18-13-3-2-4-14(13)29-20(18)24-15/h5-6,10H,2-4,7-9,11H2,1H3,(H,21,25)(H,23,24,26). The van der Waals surface area contributed by atoms with Gasteiger partial charge in [-0.3, -0.25) is 9.59 Å². The van der Waals surface area contributed by atoms with Gasteiger partial charge in [0.2, 0.25) is 11.8 Å². The summed E-state index contributed by atoms with van der Waals surface area (Å²) in [6, 6.07) is 3.64. The minimum absolute atomic E-state index is 0.0140. The van der Waals surface area contributed by atoms with Gasteiger partial charge in [-0.2, -0.15) is 11.8 Å². The van der Waals surface area contributed by atoms with Gasteiger partial charge in [0.15, 0.2) is 0 Å². The van der Waals surface area contributed by atoms with Crippen LogP contribution in [-0.4, -0.2) is 33.7 Å². The molecule has 3 heterocycles. The summed E-state index contributed by atoms with van der Waals surface area (Å²) in [5.74, 6) is 2.46. The predicted octanol–water partition coefficient (Wildman–Crippen LogP) is 2.82. The van der Waals surface area contributed by atoms with Crippen LogP contribution in [0.1, 0.15) is 34.7 Å². The molecule has 0 bridgehead atoms. The Bertz CT molecular complexity index is 1080. The number of nitrogens with one attached hydrogen (secondary N) is 2. The summed E-state index contributed by atoms with van der Waals surface area (Å²) < 4.78 is 5.02. The minimum atomic E-state index is -0.0316. The van der Waals surface area contributed by atoms with Crippen LogP contribution >= 0.6 is 23.1 Å². The highest BCUT2D eigenvalue weighted by Gasteiger charge is 2.21. The Labute approximate surface area is 176 Å². The summed E-state index contributed by atoms with van der Waals surface area (Å²) in [7, 11) is 1.57. The molecule has 0 atom stereocenters. The van der Waals surface area contributed by atoms with E-state index in [1.54, 1.807) is 42.5 Å². The Balaban J connectivity index is 1.24. The number of carbonyl (C=O) groups excluding carboxylic acids is 1. The first kappa shape index (κ1) is 19.9. The lowest BCUT2D eigenvalue weighted by Crippen LogP contribution is -2.23. The van der Waals surface area contributed by atoms with Crippen LogP contribution in [0.2, 0.25) is 0 Å². The zero-order chi connectivity index (χ0) is 20.2. The van der Waals surface area contributed by atoms with E-state index in [2.05, 4.69) is 20.3 Å². The van der Waals surface area contributed by atoms with E-state index in [0.29, 0.717) is 36.2 Å². The first-order chi connectivity index (χ1) is 14.1. The molecule has 0 saturated carbocycles. The Kier molecular flexibility index (Phi) is 6.15. The van der Waals surface area contributed by atoms with Crippen molar-refractivity contribution in [3.05, 3.63) is 50.5 Å². The lowest BCUT2D eigenvalue weighted by atomic mass is 10.2. The van der Waals surface area contributed by atoms with E-state index in [4.69, 9.17) is 4.74 Å². The molecule has 0 saturated heterocycles. The molecule has 2 N–H and O–H groups in total. The third-order valence-corrected chi connectivity index (χ3v) is 6.99. The van der Waals surface area contributed by atoms with Gasteiger partial charge in [0.25, 0.3) is 5.56 Å². The molecule has 7 nitrogen and oxygen atoms in total. The molecule has 1 aliphatic carbocycles. The zero-order valence-corrected chi connectivity index (χ0v) is 17.8. The lowest BCUT2D eigenvalue weighted by molar-refractivity contribution is -0.120. The van der Waals surface area contributed by atoms with Crippen molar-refractivity contribution in [1.82, 2.24) is 20.3 Å². The van der Waals surface area contributed by atoms with Gasteiger partial charge in [-0.25, -0.2) is 9.97 Å². The van der Waals surface area contributed by atoms with Crippen LogP contribution in [0.3, 0.4) is 0 Å². The van der Waals surface area contributed by atoms with E-state index in [0.717, 1.165) is 35.0 Å². The van der Waals surface area contributed by atoms with Gasteiger partial charge in [-0.05, 0) is 30.4 Å². The fourth-order valence-corrected chi connectivity index (χ4v) is 5.46. The molecule has 1 amide bonds. The zero-order valence-electron chi connectivity index (χ0n) is 16.1. The average Bonchev–Trinajstić information content (AvgIpc) is 3.31. The highest BCUT2D eigenvalue weighted by atomic mass is 32.2. The van der Waals surface area contributed by atoms with Crippen LogP contribution in [-0.2, 0) is 29.9 Å². The number of rotatable bonds is 8. The van der Waals surface area contributed by atoms with E-state index in [-0.39, 0.29) is 11.5 Å². The van der Waals surface area contributed by atoms with Crippen LogP contribution in [0.5, 0.6) is 5.88 Å². The van der Waals surface area contributed by atoms with Crippen molar-refractivity contribution >= 4 is 39.2 Å². The molecular formula is C20H22N4O3S2. The Morgan fingerprint density at radius 1 is 1.38 bits per heavy atom. The highest BCUT2D eigenvalue weighted by Crippen LogP contribution is 2.34. The maximum Gasteiger partial charge on any atom is 0.259 e. The number of pyridine rings is 1. The first-order valence-corrected chi connectivity index (χ1v) is 11.5. The van der Waals surface area contributed by atoms with Crippen molar-refractivity contribution in [3.63, 3.8) is 0 Å². The maximum atomic E-state index is 12.4. The number of methoxy groups -OCH3 is 1. The molecule has 3 aromatic heterocycles. The van der Waals surface area contributed by atoms with Gasteiger partial charge >= 0.3 is 0 Å². The van der Waals surface area contributed by atoms with Crippen LogP contribution in [0.25, 0.3) is 10.2 Å². The summed E-state index contributed by atoms with van der Waals surface area (Å²) in [6.45, 7) is 0.440. The normalized spacial score (nSPS) is 12.9. The van der Waals surface area contributed by atoms with E-state index in [1.165, 1.54) is 10.4 Å². The third kappa shape index (κ3) is 4.62. The number of carbonyl (C=O) groups is 1. The molecule has 29 heavy (non-hydrogen) atoms. The highest BCUT2D eigenvalue weighted by molar-refractivity contribution is 7.98. The monoisotopic (exact) mass is 430 g/mol. The Morgan fingerprint density at radius 2 is 2.28 bits per heavy atom. The number of hydrogen-bond donors (Lipinski definition) is 2. The number of hydrogen-bond acceptors (Lipinski definition) is 7. The fraction of sp³-hybridized carbons (Fsp3) is 0.400. The molecule has 0 unspecified atom stereocenters. The molecule has 0 spiro atoms. The number of thiophene rings is 1.